The molecule has 7 atom stereocenters. The molecule has 64 heavy (non-hydrogen) atoms. The third-order valence-electron chi connectivity index (χ3n) is 14.8. The minimum Gasteiger partial charge on any atom is -0.464 e. The minimum absolute atomic E-state index is 0.0905. The normalized spacial score (nSPS) is 26.7. The fourth-order valence-corrected chi connectivity index (χ4v) is 11.7. The van der Waals surface area contributed by atoms with Crippen LogP contribution in [0.15, 0.2) is 35.8 Å². The number of thiazole rings is 1. The lowest BCUT2D eigenvalue weighted by Gasteiger charge is -2.41. The van der Waals surface area contributed by atoms with Gasteiger partial charge < -0.3 is 24.3 Å². The van der Waals surface area contributed by atoms with Gasteiger partial charge in [0.05, 0.1) is 46.7 Å². The van der Waals surface area contributed by atoms with Gasteiger partial charge in [0, 0.05) is 97.1 Å². The molecule has 14 heteroatoms. The molecule has 1 aromatic carbocycles. The van der Waals surface area contributed by atoms with Crippen LogP contribution in [-0.4, -0.2) is 106 Å². The first-order valence-corrected chi connectivity index (χ1v) is 24.9. The summed E-state index contributed by atoms with van der Waals surface area (Å²) in [5.41, 5.74) is 11.0. The number of aromatic nitrogens is 3. The second-order valence-electron chi connectivity index (χ2n) is 20.0. The van der Waals surface area contributed by atoms with Crippen molar-refractivity contribution in [3.63, 3.8) is 0 Å². The van der Waals surface area contributed by atoms with Gasteiger partial charge in [0.15, 0.2) is 0 Å². The highest BCUT2D eigenvalue weighted by molar-refractivity contribution is 7.10. The average Bonchev–Trinajstić information content (AvgIpc) is 3.56. The molecule has 1 aliphatic carbocycles. The van der Waals surface area contributed by atoms with Gasteiger partial charge in [-0.1, -0.05) is 46.6 Å². The fraction of sp³-hybridized carbons (Fsp3) is 0.620. The maximum Gasteiger partial charge on any atom is 0.324 e. The summed E-state index contributed by atoms with van der Waals surface area (Å²) in [6.45, 7) is 17.3. The number of hydrogen-bond donors (Lipinski definition) is 2. The Hall–Kier alpha value is -4.37. The number of pyridine rings is 1. The van der Waals surface area contributed by atoms with E-state index >= 15 is 0 Å². The van der Waals surface area contributed by atoms with Crippen molar-refractivity contribution in [2.45, 2.75) is 143 Å². The number of carbonyl (C=O) groups is 3. The van der Waals surface area contributed by atoms with E-state index in [1.807, 2.05) is 0 Å². The second kappa shape index (κ2) is 18.5. The topological polar surface area (TPSA) is 134 Å². The van der Waals surface area contributed by atoms with Crippen LogP contribution in [0.2, 0.25) is 0 Å². The molecule has 2 amide bonds. The lowest BCUT2D eigenvalue weighted by atomic mass is 9.84. The van der Waals surface area contributed by atoms with E-state index in [1.165, 1.54) is 54.0 Å². The molecule has 0 spiro atoms. The third-order valence-corrected chi connectivity index (χ3v) is 15.6. The van der Waals surface area contributed by atoms with Crippen molar-refractivity contribution in [2.75, 3.05) is 44.8 Å². The zero-order valence-electron chi connectivity index (χ0n) is 39.0. The highest BCUT2D eigenvalue weighted by Crippen LogP contribution is 2.44. The molecule has 7 heterocycles. The summed E-state index contributed by atoms with van der Waals surface area (Å²) in [6, 6.07) is 8.72. The van der Waals surface area contributed by atoms with Gasteiger partial charge >= 0.3 is 5.97 Å². The van der Waals surface area contributed by atoms with Crippen LogP contribution >= 0.6 is 11.3 Å². The summed E-state index contributed by atoms with van der Waals surface area (Å²) in [4.78, 5) is 57.1. The predicted molar refractivity (Wildman–Crippen MR) is 252 cm³/mol. The Bertz CT molecular complexity index is 2380. The van der Waals surface area contributed by atoms with Gasteiger partial charge in [-0.25, -0.2) is 10.4 Å². The van der Waals surface area contributed by atoms with E-state index in [-0.39, 0.29) is 42.8 Å². The lowest BCUT2D eigenvalue weighted by molar-refractivity contribution is -0.155. The van der Waals surface area contributed by atoms with Crippen molar-refractivity contribution in [3.05, 3.63) is 52.1 Å². The number of aryl methyl sites for hydroxylation is 1. The van der Waals surface area contributed by atoms with E-state index in [4.69, 9.17) is 19.4 Å². The number of nitrogens with one attached hydrogen (secondary N) is 2. The second-order valence-corrected chi connectivity index (χ2v) is 20.9. The van der Waals surface area contributed by atoms with E-state index in [9.17, 15) is 14.4 Å². The molecule has 2 N–H and O–H groups in total. The molecule has 1 unspecified atom stereocenters. The van der Waals surface area contributed by atoms with Gasteiger partial charge in [0.1, 0.15) is 12.1 Å². The van der Waals surface area contributed by atoms with Crippen molar-refractivity contribution in [2.24, 2.45) is 17.3 Å². The Labute approximate surface area is 382 Å². The zero-order valence-corrected chi connectivity index (χ0v) is 39.8. The number of anilines is 1. The standard InChI is InChI=1S/C50H68N8O5S/c1-8-10-12-33-15-16-34-27-55(19-20-57(33)34)35-23-38(45(51-26-35)31(4)62-7)46-39-25-50(5,6)29-63-49(61)40-13-11-18-58(54-40)48(60)41(53-47(59)36-21-30(36)3)24-44-52-42(28-64-44)32-14-17-43(37(39)22-32)56(46)9-2/h14,17,22-23,26,28,30-31,33-34,36,40-41,54H,8-13,15-16,18-21,24-25,27,29H2,1-7H3,(H,53,59)/t30-,31-,33?,34+,36-,40-,41-/m0/s1. The van der Waals surface area contributed by atoms with Gasteiger partial charge in [-0.15, -0.1) is 11.3 Å². The van der Waals surface area contributed by atoms with E-state index in [0.717, 1.165) is 82.4 Å². The first-order chi connectivity index (χ1) is 30.9. The number of hydrogen-bond acceptors (Lipinski definition) is 11. The number of methoxy groups -OCH3 is 1. The van der Waals surface area contributed by atoms with E-state index in [1.54, 1.807) is 7.11 Å². The van der Waals surface area contributed by atoms with Crippen LogP contribution < -0.4 is 15.6 Å². The monoisotopic (exact) mass is 893 g/mol. The van der Waals surface area contributed by atoms with Crippen LogP contribution in [0, 0.1) is 17.3 Å². The molecule has 13 nitrogen and oxygen atoms in total. The molecular formula is C50H68N8O5S. The van der Waals surface area contributed by atoms with Gasteiger partial charge in [-0.3, -0.25) is 29.3 Å². The average molecular weight is 893 g/mol. The molecule has 9 rings (SSSR count). The Balaban J connectivity index is 1.13. The van der Waals surface area contributed by atoms with Crippen LogP contribution in [0.1, 0.15) is 115 Å². The summed E-state index contributed by atoms with van der Waals surface area (Å²) >= 11 is 1.50. The van der Waals surface area contributed by atoms with Crippen LogP contribution in [0.5, 0.6) is 0 Å². The molecule has 344 valence electrons. The number of amides is 2. The number of unbranched alkanes of at least 4 members (excludes halogenated alkanes) is 1. The summed E-state index contributed by atoms with van der Waals surface area (Å²) in [7, 11) is 1.75. The van der Waals surface area contributed by atoms with Gasteiger partial charge in [-0.2, -0.15) is 0 Å². The van der Waals surface area contributed by atoms with Crippen molar-refractivity contribution in [1.29, 1.82) is 0 Å². The Morgan fingerprint density at radius 2 is 1.95 bits per heavy atom. The number of nitrogens with zero attached hydrogens (tertiary/aromatic N) is 6. The number of hydrazine groups is 1. The molecule has 4 aliphatic heterocycles. The maximum absolute atomic E-state index is 14.2. The quantitative estimate of drug-likeness (QED) is 0.153. The Kier molecular flexibility index (Phi) is 12.9. The Morgan fingerprint density at radius 1 is 1.12 bits per heavy atom. The van der Waals surface area contributed by atoms with Crippen LogP contribution in [0.3, 0.4) is 0 Å². The van der Waals surface area contributed by atoms with Crippen molar-refractivity contribution in [3.8, 4) is 22.5 Å². The summed E-state index contributed by atoms with van der Waals surface area (Å²) in [5, 5.41) is 8.52. The number of piperazine rings is 1. The van der Waals surface area contributed by atoms with Crippen molar-refractivity contribution >= 4 is 45.7 Å². The summed E-state index contributed by atoms with van der Waals surface area (Å²) in [5.74, 6) is -0.548. The van der Waals surface area contributed by atoms with E-state index in [0.29, 0.717) is 43.8 Å². The largest absolute Gasteiger partial charge is 0.464 e. The zero-order chi connectivity index (χ0) is 44.9. The molecule has 4 aromatic rings. The number of fused-ring (bicyclic) bond motifs is 7. The molecule has 3 aromatic heterocycles. The first kappa shape index (κ1) is 44.8. The number of carbonyl (C=O) groups excluding carboxylic acids is 3. The molecule has 6 bridgehead atoms. The molecular weight excluding hydrogens is 825 g/mol. The summed E-state index contributed by atoms with van der Waals surface area (Å²) in [6.07, 6.45) is 11.0. The predicted octanol–water partition coefficient (Wildman–Crippen LogP) is 7.70. The van der Waals surface area contributed by atoms with E-state index < -0.39 is 17.5 Å². The van der Waals surface area contributed by atoms with Gasteiger partial charge in [0.25, 0.3) is 5.91 Å². The number of benzene rings is 1. The maximum atomic E-state index is 14.2. The molecule has 3 saturated heterocycles. The SMILES string of the molecule is CCCCC1CC[C@@H]2CN(c3cnc([C@H](C)OC)c(-c4c5c6cc(ccc6n4CC)-c4csc(n4)C[C@H](NC(=O)[C@H]4C[C@@H]4C)C(=O)N4CCC[C@H](N4)C(=O)OCC(C)(C)C5)c3)CCN12. The van der Waals surface area contributed by atoms with Crippen LogP contribution in [0.25, 0.3) is 33.4 Å². The molecule has 4 fully saturated rings. The number of ether oxygens (including phenoxy) is 2. The van der Waals surface area contributed by atoms with Crippen molar-refractivity contribution in [1.82, 2.24) is 35.2 Å². The van der Waals surface area contributed by atoms with Crippen molar-refractivity contribution < 1.29 is 23.9 Å². The Morgan fingerprint density at radius 3 is 2.72 bits per heavy atom. The number of rotatable bonds is 10. The lowest BCUT2D eigenvalue weighted by Crippen LogP contribution is -2.60. The van der Waals surface area contributed by atoms with Gasteiger partial charge in [-0.05, 0) is 88.5 Å². The highest BCUT2D eigenvalue weighted by atomic mass is 32.1. The number of esters is 1. The summed E-state index contributed by atoms with van der Waals surface area (Å²) < 4.78 is 14.7. The molecule has 5 aliphatic rings. The molecule has 1 saturated carbocycles. The first-order valence-electron chi connectivity index (χ1n) is 24.0. The fourth-order valence-electron chi connectivity index (χ4n) is 10.9. The highest BCUT2D eigenvalue weighted by Gasteiger charge is 2.42. The smallest absolute Gasteiger partial charge is 0.324 e. The molecule has 0 radical (unpaired) electrons. The number of cyclic esters (lactones) is 1. The van der Waals surface area contributed by atoms with Crippen LogP contribution in [-0.2, 0) is 43.2 Å². The third kappa shape index (κ3) is 8.96. The van der Waals surface area contributed by atoms with E-state index in [2.05, 4.69) is 102 Å². The van der Waals surface area contributed by atoms with Crippen LogP contribution in [0.4, 0.5) is 5.69 Å². The van der Waals surface area contributed by atoms with Gasteiger partial charge in [0.2, 0.25) is 5.91 Å². The minimum atomic E-state index is -0.826.